The van der Waals surface area contributed by atoms with Crippen LogP contribution in [0.4, 0.5) is 0 Å². The molecule has 0 bridgehead atoms. The van der Waals surface area contributed by atoms with Gasteiger partial charge >= 0.3 is 0 Å². The summed E-state index contributed by atoms with van der Waals surface area (Å²) in [6, 6.07) is 0. The molecule has 0 aliphatic heterocycles. The van der Waals surface area contributed by atoms with Crippen LogP contribution in [0.1, 0.15) is 6.92 Å². The molecule has 0 radical (unpaired) electrons. The summed E-state index contributed by atoms with van der Waals surface area (Å²) in [5.41, 5.74) is 10.3. The van der Waals surface area contributed by atoms with Gasteiger partial charge < -0.3 is 16.6 Å². The first-order valence-electron chi connectivity index (χ1n) is 3.44. The molecule has 0 saturated heterocycles. The Labute approximate surface area is 71.1 Å². The van der Waals surface area contributed by atoms with Crippen molar-refractivity contribution in [3.8, 4) is 0 Å². The third-order valence-corrected chi connectivity index (χ3v) is 2.10. The van der Waals surface area contributed by atoms with Crippen LogP contribution in [0.3, 0.4) is 0 Å². The quantitative estimate of drug-likeness (QED) is 0.253. The summed E-state index contributed by atoms with van der Waals surface area (Å²) in [5.74, 6) is 1.95. The van der Waals surface area contributed by atoms with Gasteiger partial charge in [-0.05, 0) is 5.92 Å². The fraction of sp³-hybridized carbons (Fsp3) is 0.833. The van der Waals surface area contributed by atoms with Crippen LogP contribution in [-0.4, -0.2) is 29.3 Å². The Hall–Kier alpha value is -0.420. The molecule has 1 unspecified atom stereocenters. The second kappa shape index (κ2) is 6.30. The van der Waals surface area contributed by atoms with Crippen molar-refractivity contribution in [1.29, 1.82) is 0 Å². The Bertz CT molecular complexity index is 125. The minimum atomic E-state index is 0.146. The van der Waals surface area contributed by atoms with Crippen LogP contribution in [0.15, 0.2) is 4.99 Å². The van der Waals surface area contributed by atoms with E-state index in [0.29, 0.717) is 18.4 Å². The van der Waals surface area contributed by atoms with Crippen molar-refractivity contribution in [3.05, 3.63) is 0 Å². The summed E-state index contributed by atoms with van der Waals surface area (Å²) in [5, 5.41) is 6.89. The molecule has 0 saturated carbocycles. The number of aliphatic imine (C=N–C) groups is 1. The molecule has 0 aromatic carbocycles. The predicted molar refractivity (Wildman–Crippen MR) is 50.8 cm³/mol. The Morgan fingerprint density at radius 2 is 2.27 bits per heavy atom. The minimum Gasteiger partial charge on any atom is -0.437 e. The number of hydrogen-bond donors (Lipinski definition) is 2. The molecule has 0 heterocycles. The zero-order valence-electron chi connectivity index (χ0n) is 6.71. The van der Waals surface area contributed by atoms with Crippen LogP contribution in [0.5, 0.6) is 0 Å². The average Bonchev–Trinajstić information content (AvgIpc) is 1.97. The van der Waals surface area contributed by atoms with Crippen molar-refractivity contribution >= 4 is 17.7 Å². The maximum atomic E-state index is 6.89. The molecule has 0 aromatic heterocycles. The zero-order valence-corrected chi connectivity index (χ0v) is 7.53. The largest absolute Gasteiger partial charge is 0.437 e. The molecule has 0 fully saturated rings. The number of hydrogen-bond acceptors (Lipinski definition) is 2. The number of rotatable bonds is 5. The number of nitrogens with two attached hydrogens (primary N) is 2. The highest BCUT2D eigenvalue weighted by Gasteiger charge is 2.00. The van der Waals surface area contributed by atoms with E-state index >= 15 is 0 Å². The van der Waals surface area contributed by atoms with Gasteiger partial charge in [0.15, 0.2) is 11.9 Å². The molecule has 11 heavy (non-hydrogen) atoms. The van der Waals surface area contributed by atoms with E-state index in [1.54, 1.807) is 11.8 Å². The Balaban J connectivity index is 3.36. The smallest absolute Gasteiger partial charge is 0.191 e. The van der Waals surface area contributed by atoms with Crippen LogP contribution >= 0.6 is 11.8 Å². The summed E-state index contributed by atoms with van der Waals surface area (Å²) in [7, 11) is 0. The van der Waals surface area contributed by atoms with Gasteiger partial charge in [0.05, 0.1) is 0 Å². The second-order valence-electron chi connectivity index (χ2n) is 2.39. The highest BCUT2D eigenvalue weighted by Crippen LogP contribution is 2.06. The zero-order chi connectivity index (χ0) is 8.69. The molecule has 0 rings (SSSR count). The number of nitrogens with zero attached hydrogens (tertiary/aromatic N) is 1. The first-order chi connectivity index (χ1) is 5.16. The van der Waals surface area contributed by atoms with Gasteiger partial charge in [0.25, 0.3) is 0 Å². The first-order valence-corrected chi connectivity index (χ1v) is 4.60. The molecule has 6 N–H and O–H groups in total. The normalized spacial score (nSPS) is 12.5. The highest BCUT2D eigenvalue weighted by atomic mass is 32.2. The average molecular weight is 178 g/mol. The monoisotopic (exact) mass is 178 g/mol. The highest BCUT2D eigenvalue weighted by molar-refractivity contribution is 7.99. The fourth-order valence-corrected chi connectivity index (χ4v) is 1.20. The maximum absolute atomic E-state index is 6.89. The summed E-state index contributed by atoms with van der Waals surface area (Å²) in [6.07, 6.45) is 0. The van der Waals surface area contributed by atoms with Gasteiger partial charge in [-0.3, -0.25) is 4.99 Å². The summed E-state index contributed by atoms with van der Waals surface area (Å²) in [4.78, 5) is 3.88. The maximum Gasteiger partial charge on any atom is 0.191 e. The third kappa shape index (κ3) is 7.48. The predicted octanol–water partition coefficient (Wildman–Crippen LogP) is -0.689. The lowest BCUT2D eigenvalue weighted by molar-refractivity contribution is 0.374. The van der Waals surface area contributed by atoms with Crippen molar-refractivity contribution < 1.29 is 5.11 Å². The van der Waals surface area contributed by atoms with E-state index in [9.17, 15) is 0 Å². The van der Waals surface area contributed by atoms with Crippen molar-refractivity contribution in [1.82, 2.24) is 0 Å². The van der Waals surface area contributed by atoms with Crippen LogP contribution in [0, 0.1) is 5.92 Å². The summed E-state index contributed by atoms with van der Waals surface area (Å²) in [6.45, 7) is 2.73. The molecule has 5 heteroatoms. The van der Waals surface area contributed by atoms with Gasteiger partial charge in [-0.2, -0.15) is 0 Å². The Kier molecular flexibility index (Phi) is 6.06. The third-order valence-electron chi connectivity index (χ3n) is 1.09. The summed E-state index contributed by atoms with van der Waals surface area (Å²) < 4.78 is 0. The molecule has 0 aromatic rings. The molecule has 66 valence electrons. The summed E-state index contributed by atoms with van der Waals surface area (Å²) >= 11 is 1.58. The van der Waals surface area contributed by atoms with E-state index in [4.69, 9.17) is 16.6 Å². The van der Waals surface area contributed by atoms with Crippen molar-refractivity contribution in [3.63, 3.8) is 0 Å². The van der Waals surface area contributed by atoms with E-state index < -0.39 is 0 Å². The molecule has 0 spiro atoms. The van der Waals surface area contributed by atoms with Crippen LogP contribution in [-0.2, 0) is 0 Å². The van der Waals surface area contributed by atoms with Crippen molar-refractivity contribution in [2.75, 3.05) is 18.2 Å². The Morgan fingerprint density at radius 3 is 2.73 bits per heavy atom. The Morgan fingerprint density at radius 1 is 1.64 bits per heavy atom. The topological polar surface area (TPSA) is 87.3 Å². The minimum absolute atomic E-state index is 0.146. The molecule has 4 nitrogen and oxygen atoms in total. The fourth-order valence-electron chi connectivity index (χ4n) is 0.574. The van der Waals surface area contributed by atoms with Gasteiger partial charge in [-0.25, -0.2) is 0 Å². The van der Waals surface area contributed by atoms with E-state index in [2.05, 4.69) is 11.9 Å². The standard InChI is InChI=1S/C6H15N3OS/c1-5(3-11-4-10)2-9-6(7)8/h5,10H,2-4H2,1H3,(H4,7,8,9)/p+1. The van der Waals surface area contributed by atoms with Gasteiger partial charge in [0.1, 0.15) is 0 Å². The molecule has 0 aliphatic rings. The van der Waals surface area contributed by atoms with E-state index in [1.165, 1.54) is 0 Å². The number of thioether (sulfide) groups is 1. The van der Waals surface area contributed by atoms with E-state index in [0.717, 1.165) is 5.75 Å². The van der Waals surface area contributed by atoms with Crippen LogP contribution < -0.4 is 11.5 Å². The van der Waals surface area contributed by atoms with Crippen LogP contribution in [0.2, 0.25) is 0 Å². The SMILES string of the molecule is CC(CN=C(N)N)CSC[OH2+]. The lowest BCUT2D eigenvalue weighted by Gasteiger charge is -2.04. The molecule has 1 atom stereocenters. The number of guanidine groups is 1. The van der Waals surface area contributed by atoms with Crippen molar-refractivity contribution in [2.45, 2.75) is 6.92 Å². The molecule has 0 aliphatic carbocycles. The first kappa shape index (κ1) is 10.6. The van der Waals surface area contributed by atoms with Crippen LogP contribution in [0.25, 0.3) is 0 Å². The molecular weight excluding hydrogens is 162 g/mol. The lowest BCUT2D eigenvalue weighted by atomic mass is 10.2. The second-order valence-corrected chi connectivity index (χ2v) is 3.42. The van der Waals surface area contributed by atoms with Gasteiger partial charge in [-0.1, -0.05) is 18.7 Å². The van der Waals surface area contributed by atoms with E-state index in [-0.39, 0.29) is 5.96 Å². The van der Waals surface area contributed by atoms with Gasteiger partial charge in [0.2, 0.25) is 0 Å². The van der Waals surface area contributed by atoms with E-state index in [1.807, 2.05) is 0 Å². The van der Waals surface area contributed by atoms with Gasteiger partial charge in [0, 0.05) is 12.3 Å². The molecule has 0 amide bonds. The van der Waals surface area contributed by atoms with Gasteiger partial charge in [-0.15, -0.1) is 0 Å². The molecular formula is C6H16N3OS+. The lowest BCUT2D eigenvalue weighted by Crippen LogP contribution is -2.24. The van der Waals surface area contributed by atoms with Crippen molar-refractivity contribution in [2.24, 2.45) is 22.4 Å².